The van der Waals surface area contributed by atoms with E-state index >= 15 is 0 Å². The number of hydrogen-bond acceptors (Lipinski definition) is 10. The fourth-order valence-electron chi connectivity index (χ4n) is 2.31. The van der Waals surface area contributed by atoms with Crippen LogP contribution < -0.4 is 11.5 Å². The van der Waals surface area contributed by atoms with E-state index in [1.165, 1.54) is 51.4 Å². The highest BCUT2D eigenvalue weighted by molar-refractivity contribution is 7.70. The van der Waals surface area contributed by atoms with E-state index in [1.54, 1.807) is 0 Å². The van der Waals surface area contributed by atoms with Crippen LogP contribution in [0.4, 0.5) is 0 Å². The zero-order chi connectivity index (χ0) is 39.9. The Kier molecular flexibility index (Phi) is 32.6. The highest BCUT2D eigenvalue weighted by Gasteiger charge is 2.28. The van der Waals surface area contributed by atoms with Crippen molar-refractivity contribution in [2.45, 2.75) is 51.4 Å². The molecule has 0 aliphatic heterocycles. The van der Waals surface area contributed by atoms with Gasteiger partial charge in [-0.15, -0.1) is 0 Å². The molecule has 0 saturated heterocycles. The SMILES string of the molecule is NCCCCCCCCCCN.O=P(O)(O)CP(=O)(O)O.O=P(O)(O)CP(=O)(O)O.O=P(O)(O)CP(=O)(O)O.O=P(O)(O)CP(=O)(O)O. The molecule has 298 valence electrons. The normalized spacial score (nSPS) is 13.0. The zero-order valence-corrected chi connectivity index (χ0v) is 32.2. The minimum atomic E-state index is -4.55. The van der Waals surface area contributed by atoms with Crippen LogP contribution >= 0.6 is 60.8 Å². The Bertz CT molecular complexity index is 957. The molecule has 0 aromatic carbocycles. The maximum Gasteiger partial charge on any atom is 0.337 e. The largest absolute Gasteiger partial charge is 0.337 e. The van der Waals surface area contributed by atoms with E-state index in [-0.39, 0.29) is 0 Å². The third-order valence-corrected chi connectivity index (χ3v) is 15.4. The molecule has 34 heteroatoms. The first kappa shape index (κ1) is 58.4. The summed E-state index contributed by atoms with van der Waals surface area (Å²) in [5.41, 5.74) is 10.8. The summed E-state index contributed by atoms with van der Waals surface area (Å²) in [6.07, 6.45) is 10.5. The number of unbranched alkanes of at least 4 members (excludes halogenated alkanes) is 7. The standard InChI is InChI=1S/C10H24N2.4CH6O6P2/c11-9-7-5-3-1-2-4-6-8-10-12;4*2-8(3,4)1-9(5,6)7/h1-12H2;4*1H2,(H2,2,3,4)(H2,5,6,7). The smallest absolute Gasteiger partial charge is 0.330 e. The Labute approximate surface area is 275 Å². The van der Waals surface area contributed by atoms with Crippen molar-refractivity contribution in [2.75, 3.05) is 36.7 Å². The van der Waals surface area contributed by atoms with Gasteiger partial charge < -0.3 is 89.8 Å². The van der Waals surface area contributed by atoms with Gasteiger partial charge in [-0.1, -0.05) is 38.5 Å². The molecule has 26 nitrogen and oxygen atoms in total. The van der Waals surface area contributed by atoms with E-state index in [9.17, 15) is 36.5 Å². The predicted octanol–water partition coefficient (Wildman–Crippen LogP) is -0.778. The van der Waals surface area contributed by atoms with E-state index < -0.39 is 84.4 Å². The van der Waals surface area contributed by atoms with Crippen molar-refractivity contribution < 1.29 is 115 Å². The van der Waals surface area contributed by atoms with E-state index in [1.807, 2.05) is 0 Å². The summed E-state index contributed by atoms with van der Waals surface area (Å²) in [6.45, 7) is 1.71. The van der Waals surface area contributed by atoms with Crippen LogP contribution in [0.15, 0.2) is 0 Å². The third-order valence-electron chi connectivity index (χ3n) is 3.63. The molecule has 0 aromatic rings. The lowest BCUT2D eigenvalue weighted by Crippen LogP contribution is -1.98. The van der Waals surface area contributed by atoms with Gasteiger partial charge in [0.1, 0.15) is 0 Å². The van der Waals surface area contributed by atoms with Crippen LogP contribution in [0, 0.1) is 0 Å². The number of nitrogens with two attached hydrogens (primary N) is 2. The van der Waals surface area contributed by atoms with Crippen molar-refractivity contribution in [3.63, 3.8) is 0 Å². The van der Waals surface area contributed by atoms with Gasteiger partial charge in [0.2, 0.25) is 0 Å². The van der Waals surface area contributed by atoms with Crippen molar-refractivity contribution in [1.29, 1.82) is 0 Å². The van der Waals surface area contributed by atoms with Crippen molar-refractivity contribution in [3.8, 4) is 0 Å². The lowest BCUT2D eigenvalue weighted by molar-refractivity contribution is 0.352. The molecule has 20 N–H and O–H groups in total. The molecule has 0 bridgehead atoms. The van der Waals surface area contributed by atoms with Gasteiger partial charge in [0.05, 0.1) is 0 Å². The number of rotatable bonds is 17. The van der Waals surface area contributed by atoms with E-state index in [0.717, 1.165) is 13.1 Å². The first-order valence-corrected chi connectivity index (χ1v) is 26.9. The maximum atomic E-state index is 9.85. The maximum absolute atomic E-state index is 9.85. The second-order valence-corrected chi connectivity index (χ2v) is 24.4. The summed E-state index contributed by atoms with van der Waals surface area (Å²) in [5, 5.41) is 0. The van der Waals surface area contributed by atoms with Crippen LogP contribution in [0.3, 0.4) is 0 Å². The molecule has 0 aliphatic carbocycles. The van der Waals surface area contributed by atoms with E-state index in [0.29, 0.717) is 0 Å². The third kappa shape index (κ3) is 86.1. The predicted molar refractivity (Wildman–Crippen MR) is 171 cm³/mol. The average Bonchev–Trinajstić information content (AvgIpc) is 2.67. The van der Waals surface area contributed by atoms with Gasteiger partial charge in [-0.2, -0.15) is 0 Å². The van der Waals surface area contributed by atoms with Gasteiger partial charge in [-0.05, 0) is 25.9 Å². The van der Waals surface area contributed by atoms with Gasteiger partial charge in [0, 0.05) is 0 Å². The van der Waals surface area contributed by atoms with Gasteiger partial charge in [-0.25, -0.2) is 0 Å². The lowest BCUT2D eigenvalue weighted by atomic mass is 10.1. The fraction of sp³-hybridized carbons (Fsp3) is 1.00. The van der Waals surface area contributed by atoms with Crippen LogP contribution in [0.1, 0.15) is 51.4 Å². The summed E-state index contributed by atoms with van der Waals surface area (Å²) >= 11 is 0. The second-order valence-electron chi connectivity index (χ2n) is 9.29. The molecule has 0 aliphatic rings. The Balaban J connectivity index is -0.000000161. The van der Waals surface area contributed by atoms with Gasteiger partial charge in [0.15, 0.2) is 23.6 Å². The fourth-order valence-corrected chi connectivity index (χ4v) is 9.99. The minimum Gasteiger partial charge on any atom is -0.330 e. The van der Waals surface area contributed by atoms with Crippen LogP contribution in [-0.2, 0) is 36.5 Å². The first-order chi connectivity index (χ1) is 20.7. The van der Waals surface area contributed by atoms with Crippen molar-refractivity contribution in [3.05, 3.63) is 0 Å². The van der Waals surface area contributed by atoms with Crippen LogP contribution in [0.2, 0.25) is 0 Å². The lowest BCUT2D eigenvalue weighted by Gasteiger charge is -2.03. The molecule has 0 fully saturated rings. The van der Waals surface area contributed by atoms with E-state index in [4.69, 9.17) is 89.8 Å². The molecule has 0 rings (SSSR count). The second kappa shape index (κ2) is 26.8. The Morgan fingerprint density at radius 1 is 0.250 bits per heavy atom. The quantitative estimate of drug-likeness (QED) is 0.0629. The topological polar surface area (TPSA) is 512 Å². The van der Waals surface area contributed by atoms with Crippen molar-refractivity contribution >= 4 is 60.8 Å². The molecule has 48 heavy (non-hydrogen) atoms. The summed E-state index contributed by atoms with van der Waals surface area (Å²) in [4.78, 5) is 128. The van der Waals surface area contributed by atoms with E-state index in [2.05, 4.69) is 0 Å². The molecule has 0 unspecified atom stereocenters. The van der Waals surface area contributed by atoms with Crippen LogP contribution in [0.5, 0.6) is 0 Å². The van der Waals surface area contributed by atoms with Gasteiger partial charge >= 0.3 is 60.8 Å². The molecular weight excluding hydrogens is 828 g/mol. The Morgan fingerprint density at radius 2 is 0.354 bits per heavy atom. The average molecular weight is 876 g/mol. The summed E-state index contributed by atoms with van der Waals surface area (Å²) < 4.78 is 78.8. The molecular formula is C14H48N2O24P8. The Morgan fingerprint density at radius 3 is 0.417 bits per heavy atom. The van der Waals surface area contributed by atoms with Crippen molar-refractivity contribution in [1.82, 2.24) is 0 Å². The highest BCUT2D eigenvalue weighted by Crippen LogP contribution is 2.53. The first-order valence-electron chi connectivity index (χ1n) is 12.5. The molecule has 0 saturated carbocycles. The van der Waals surface area contributed by atoms with Crippen molar-refractivity contribution in [2.24, 2.45) is 11.5 Å². The molecule has 0 radical (unpaired) electrons. The summed E-state index contributed by atoms with van der Waals surface area (Å²) in [7, 11) is -36.4. The molecule has 0 amide bonds. The zero-order valence-electron chi connectivity index (χ0n) is 25.1. The van der Waals surface area contributed by atoms with Crippen LogP contribution in [0.25, 0.3) is 0 Å². The monoisotopic (exact) mass is 876 g/mol. The number of hydrogen-bond donors (Lipinski definition) is 18. The Hall–Kier alpha value is 1.12. The molecule has 0 atom stereocenters. The molecule has 0 heterocycles. The molecule has 0 spiro atoms. The summed E-state index contributed by atoms with van der Waals surface area (Å²) in [5.74, 6) is -5.50. The highest BCUT2D eigenvalue weighted by atomic mass is 31.3. The minimum absolute atomic E-state index is 0.854. The van der Waals surface area contributed by atoms with Gasteiger partial charge in [0.25, 0.3) is 0 Å². The van der Waals surface area contributed by atoms with Crippen LogP contribution in [-0.4, -0.2) is 115 Å². The molecule has 0 aromatic heterocycles. The van der Waals surface area contributed by atoms with Gasteiger partial charge in [-0.3, -0.25) is 36.5 Å². The summed E-state index contributed by atoms with van der Waals surface area (Å²) in [6, 6.07) is 0.